The summed E-state index contributed by atoms with van der Waals surface area (Å²) in [6.45, 7) is 3.53. The number of aromatic amines is 1. The highest BCUT2D eigenvalue weighted by atomic mass is 15.2. The summed E-state index contributed by atoms with van der Waals surface area (Å²) >= 11 is 0. The van der Waals surface area contributed by atoms with E-state index in [1.807, 2.05) is 0 Å². The third-order valence-corrected chi connectivity index (χ3v) is 5.96. The van der Waals surface area contributed by atoms with Gasteiger partial charge in [0.2, 0.25) is 0 Å². The van der Waals surface area contributed by atoms with Crippen LogP contribution in [0.1, 0.15) is 24.8 Å². The van der Waals surface area contributed by atoms with E-state index in [0.717, 1.165) is 35.2 Å². The van der Waals surface area contributed by atoms with Crippen molar-refractivity contribution in [3.05, 3.63) is 48.4 Å². The van der Waals surface area contributed by atoms with E-state index in [0.29, 0.717) is 6.04 Å². The van der Waals surface area contributed by atoms with Crippen LogP contribution in [0.15, 0.2) is 42.9 Å². The standard InChI is InChI=1S/C20H24N6/c1-2-4-14(5-3-1)10-26-11-15-6-7-17(8-16(15)12-26)24-19-18-9-23-25-20(18)22-13-21-19/h1-5,9,13,15-17H,6-8,10-12H2,(H2,21,22,23,24,25)/t15-,16+,17?/m0/s1. The van der Waals surface area contributed by atoms with Gasteiger partial charge in [-0.15, -0.1) is 0 Å². The zero-order valence-corrected chi connectivity index (χ0v) is 14.8. The number of nitrogens with zero attached hydrogens (tertiary/aromatic N) is 4. The van der Waals surface area contributed by atoms with Gasteiger partial charge < -0.3 is 5.32 Å². The van der Waals surface area contributed by atoms with E-state index in [1.54, 1.807) is 12.5 Å². The van der Waals surface area contributed by atoms with Crippen molar-refractivity contribution in [2.24, 2.45) is 11.8 Å². The molecular weight excluding hydrogens is 324 g/mol. The molecule has 1 aromatic carbocycles. The van der Waals surface area contributed by atoms with Gasteiger partial charge in [0.25, 0.3) is 0 Å². The third kappa shape index (κ3) is 3.05. The van der Waals surface area contributed by atoms with Crippen molar-refractivity contribution in [3.63, 3.8) is 0 Å². The predicted octanol–water partition coefficient (Wildman–Crippen LogP) is 3.07. The number of nitrogens with one attached hydrogen (secondary N) is 2. The van der Waals surface area contributed by atoms with Crippen LogP contribution in [-0.2, 0) is 6.54 Å². The molecule has 3 heterocycles. The van der Waals surface area contributed by atoms with Crippen molar-refractivity contribution in [1.29, 1.82) is 0 Å². The number of hydrogen-bond acceptors (Lipinski definition) is 5. The van der Waals surface area contributed by atoms with Gasteiger partial charge in [-0.05, 0) is 36.7 Å². The first-order valence-corrected chi connectivity index (χ1v) is 9.52. The van der Waals surface area contributed by atoms with Crippen LogP contribution in [0, 0.1) is 11.8 Å². The van der Waals surface area contributed by atoms with E-state index in [2.05, 4.69) is 60.7 Å². The predicted molar refractivity (Wildman–Crippen MR) is 102 cm³/mol. The van der Waals surface area contributed by atoms with Crippen LogP contribution in [-0.4, -0.2) is 44.2 Å². The number of anilines is 1. The molecule has 26 heavy (non-hydrogen) atoms. The number of hydrogen-bond donors (Lipinski definition) is 2. The molecule has 2 fully saturated rings. The number of benzene rings is 1. The largest absolute Gasteiger partial charge is 0.367 e. The zero-order chi connectivity index (χ0) is 17.3. The van der Waals surface area contributed by atoms with Crippen molar-refractivity contribution in [3.8, 4) is 0 Å². The Morgan fingerprint density at radius 1 is 1.08 bits per heavy atom. The maximum atomic E-state index is 4.44. The Labute approximate surface area is 153 Å². The zero-order valence-electron chi connectivity index (χ0n) is 14.8. The first kappa shape index (κ1) is 15.8. The molecule has 2 aromatic heterocycles. The molecule has 0 spiro atoms. The monoisotopic (exact) mass is 348 g/mol. The molecule has 3 aromatic rings. The molecule has 0 amide bonds. The van der Waals surface area contributed by atoms with Gasteiger partial charge in [-0.2, -0.15) is 5.10 Å². The number of likely N-dealkylation sites (tertiary alicyclic amines) is 1. The van der Waals surface area contributed by atoms with Gasteiger partial charge in [0.15, 0.2) is 5.65 Å². The van der Waals surface area contributed by atoms with Gasteiger partial charge in [-0.1, -0.05) is 30.3 Å². The Kier molecular flexibility index (Phi) is 4.05. The van der Waals surface area contributed by atoms with Crippen molar-refractivity contribution >= 4 is 16.9 Å². The molecule has 1 saturated heterocycles. The Morgan fingerprint density at radius 2 is 1.96 bits per heavy atom. The van der Waals surface area contributed by atoms with Crippen molar-refractivity contribution < 1.29 is 0 Å². The summed E-state index contributed by atoms with van der Waals surface area (Å²) in [7, 11) is 0. The smallest absolute Gasteiger partial charge is 0.160 e. The molecule has 3 atom stereocenters. The molecule has 1 aliphatic heterocycles. The lowest BCUT2D eigenvalue weighted by atomic mass is 9.79. The van der Waals surface area contributed by atoms with Gasteiger partial charge in [0.05, 0.1) is 11.6 Å². The van der Waals surface area contributed by atoms with E-state index in [1.165, 1.54) is 37.9 Å². The normalized spacial score (nSPS) is 26.1. The number of H-pyrrole nitrogens is 1. The van der Waals surface area contributed by atoms with Crippen LogP contribution < -0.4 is 5.32 Å². The van der Waals surface area contributed by atoms with Gasteiger partial charge >= 0.3 is 0 Å². The summed E-state index contributed by atoms with van der Waals surface area (Å²) in [6.07, 6.45) is 7.14. The third-order valence-electron chi connectivity index (χ3n) is 5.96. The van der Waals surface area contributed by atoms with Crippen LogP contribution in [0.2, 0.25) is 0 Å². The Hall–Kier alpha value is -2.47. The minimum atomic E-state index is 0.487. The molecule has 134 valence electrons. The van der Waals surface area contributed by atoms with Crippen molar-refractivity contribution in [2.75, 3.05) is 18.4 Å². The van der Waals surface area contributed by atoms with Crippen molar-refractivity contribution in [2.45, 2.75) is 31.8 Å². The van der Waals surface area contributed by atoms with E-state index < -0.39 is 0 Å². The second-order valence-electron chi connectivity index (χ2n) is 7.71. The SMILES string of the molecule is c1ccc(CN2C[C@H]3CC(Nc4ncnc5[nH]ncc45)CC[C@H]3C2)cc1. The molecule has 1 saturated carbocycles. The Morgan fingerprint density at radius 3 is 2.88 bits per heavy atom. The van der Waals surface area contributed by atoms with Crippen LogP contribution >= 0.6 is 0 Å². The summed E-state index contributed by atoms with van der Waals surface area (Å²) in [6, 6.07) is 11.3. The lowest BCUT2D eigenvalue weighted by Crippen LogP contribution is -2.32. The molecule has 2 aliphatic rings. The first-order chi connectivity index (χ1) is 12.8. The first-order valence-electron chi connectivity index (χ1n) is 9.52. The minimum absolute atomic E-state index is 0.487. The summed E-state index contributed by atoms with van der Waals surface area (Å²) in [5.41, 5.74) is 2.22. The van der Waals surface area contributed by atoms with Crippen LogP contribution in [0.3, 0.4) is 0 Å². The molecule has 0 bridgehead atoms. The van der Waals surface area contributed by atoms with Crippen LogP contribution in [0.25, 0.3) is 11.0 Å². The Balaban J connectivity index is 1.23. The molecular formula is C20H24N6. The highest BCUT2D eigenvalue weighted by Crippen LogP contribution is 2.38. The van der Waals surface area contributed by atoms with E-state index in [-0.39, 0.29) is 0 Å². The summed E-state index contributed by atoms with van der Waals surface area (Å²) in [4.78, 5) is 11.3. The van der Waals surface area contributed by atoms with Gasteiger partial charge in [0, 0.05) is 25.7 Å². The van der Waals surface area contributed by atoms with Gasteiger partial charge in [-0.25, -0.2) is 9.97 Å². The summed E-state index contributed by atoms with van der Waals surface area (Å²) < 4.78 is 0. The van der Waals surface area contributed by atoms with Crippen LogP contribution in [0.5, 0.6) is 0 Å². The lowest BCUT2D eigenvalue weighted by Gasteiger charge is -2.31. The second-order valence-corrected chi connectivity index (χ2v) is 7.71. The molecule has 2 N–H and O–H groups in total. The van der Waals surface area contributed by atoms with Crippen LogP contribution in [0.4, 0.5) is 5.82 Å². The highest BCUT2D eigenvalue weighted by molar-refractivity contribution is 5.85. The molecule has 1 aliphatic carbocycles. The molecule has 6 heteroatoms. The lowest BCUT2D eigenvalue weighted by molar-refractivity contribution is 0.281. The highest BCUT2D eigenvalue weighted by Gasteiger charge is 2.37. The fourth-order valence-electron chi connectivity index (χ4n) is 4.70. The minimum Gasteiger partial charge on any atom is -0.367 e. The summed E-state index contributed by atoms with van der Waals surface area (Å²) in [5.74, 6) is 2.54. The number of aromatic nitrogens is 4. The second kappa shape index (κ2) is 6.68. The number of rotatable bonds is 4. The molecule has 1 unspecified atom stereocenters. The molecule has 6 nitrogen and oxygen atoms in total. The fraction of sp³-hybridized carbons (Fsp3) is 0.450. The van der Waals surface area contributed by atoms with Crippen molar-refractivity contribution in [1.82, 2.24) is 25.1 Å². The topological polar surface area (TPSA) is 69.7 Å². The average Bonchev–Trinajstić information content (AvgIpc) is 3.29. The quantitative estimate of drug-likeness (QED) is 0.758. The van der Waals surface area contributed by atoms with E-state index in [9.17, 15) is 0 Å². The van der Waals surface area contributed by atoms with E-state index in [4.69, 9.17) is 0 Å². The maximum Gasteiger partial charge on any atom is 0.160 e. The molecule has 0 radical (unpaired) electrons. The molecule has 5 rings (SSSR count). The Bertz CT molecular complexity index is 876. The summed E-state index contributed by atoms with van der Waals surface area (Å²) in [5, 5.41) is 11.6. The van der Waals surface area contributed by atoms with Gasteiger partial charge in [0.1, 0.15) is 12.1 Å². The van der Waals surface area contributed by atoms with E-state index >= 15 is 0 Å². The van der Waals surface area contributed by atoms with Gasteiger partial charge in [-0.3, -0.25) is 10.00 Å². The number of fused-ring (bicyclic) bond motifs is 2. The average molecular weight is 348 g/mol. The maximum absolute atomic E-state index is 4.44. The fourth-order valence-corrected chi connectivity index (χ4v) is 4.70.